The third-order valence-electron chi connectivity index (χ3n) is 0.839. The molecule has 4 N–H and O–H groups in total. The van der Waals surface area contributed by atoms with Crippen LogP contribution in [0.15, 0.2) is 0 Å². The number of rotatable bonds is 2. The molecule has 0 aromatic carbocycles. The molecule has 0 radical (unpaired) electrons. The highest BCUT2D eigenvalue weighted by atomic mass is 35.5. The van der Waals surface area contributed by atoms with Crippen molar-refractivity contribution in [3.8, 4) is 0 Å². The van der Waals surface area contributed by atoms with Gasteiger partial charge in [0, 0.05) is 12.5 Å². The molecule has 0 unspecified atom stereocenters. The van der Waals surface area contributed by atoms with Gasteiger partial charge in [-0.25, -0.2) is 0 Å². The molecule has 4 heteroatoms. The smallest absolute Gasteiger partial charge is 0.221 e. The first-order valence-electron chi connectivity index (χ1n) is 2.18. The third-order valence-corrected chi connectivity index (χ3v) is 0.839. The molecule has 0 fully saturated rings. The van der Waals surface area contributed by atoms with Gasteiger partial charge in [0.05, 0.1) is 0 Å². The van der Waals surface area contributed by atoms with E-state index in [9.17, 15) is 4.79 Å². The minimum Gasteiger partial charge on any atom is -0.369 e. The maximum Gasteiger partial charge on any atom is 0.221 e. The van der Waals surface area contributed by atoms with E-state index in [-0.39, 0.29) is 24.2 Å². The van der Waals surface area contributed by atoms with Gasteiger partial charge in [0.1, 0.15) is 0 Å². The molecular formula is C4H11ClN2O. The van der Waals surface area contributed by atoms with Gasteiger partial charge in [-0.1, -0.05) is 6.92 Å². The van der Waals surface area contributed by atoms with E-state index < -0.39 is 0 Å². The molecule has 0 heterocycles. The van der Waals surface area contributed by atoms with Crippen LogP contribution in [0.2, 0.25) is 0 Å². The second-order valence-electron chi connectivity index (χ2n) is 1.54. The summed E-state index contributed by atoms with van der Waals surface area (Å²) in [5.41, 5.74) is 9.90. The molecule has 8 heavy (non-hydrogen) atoms. The number of halogens is 1. The van der Waals surface area contributed by atoms with Gasteiger partial charge in [-0.3, -0.25) is 4.79 Å². The van der Waals surface area contributed by atoms with Gasteiger partial charge >= 0.3 is 0 Å². The lowest BCUT2D eigenvalue weighted by Crippen LogP contribution is -2.26. The van der Waals surface area contributed by atoms with Crippen LogP contribution in [0.3, 0.4) is 0 Å². The summed E-state index contributed by atoms with van der Waals surface area (Å²) in [4.78, 5) is 10.1. The van der Waals surface area contributed by atoms with Crippen molar-refractivity contribution in [3.05, 3.63) is 0 Å². The average molecular weight is 139 g/mol. The van der Waals surface area contributed by atoms with E-state index in [1.807, 2.05) is 0 Å². The minimum atomic E-state index is -0.331. The van der Waals surface area contributed by atoms with Crippen LogP contribution in [0.1, 0.15) is 6.92 Å². The second kappa shape index (κ2) is 4.87. The molecular weight excluding hydrogens is 128 g/mol. The highest BCUT2D eigenvalue weighted by molar-refractivity contribution is 5.85. The van der Waals surface area contributed by atoms with E-state index >= 15 is 0 Å². The Morgan fingerprint density at radius 2 is 2.12 bits per heavy atom. The molecule has 0 aromatic heterocycles. The zero-order valence-electron chi connectivity index (χ0n) is 4.76. The molecule has 0 aliphatic carbocycles. The molecule has 1 amide bonds. The SMILES string of the molecule is C[C@@H](CN)C(N)=O.Cl. The van der Waals surface area contributed by atoms with Crippen molar-refractivity contribution in [1.29, 1.82) is 0 Å². The van der Waals surface area contributed by atoms with Crippen LogP contribution in [0.25, 0.3) is 0 Å². The monoisotopic (exact) mass is 138 g/mol. The number of hydrogen-bond acceptors (Lipinski definition) is 2. The second-order valence-corrected chi connectivity index (χ2v) is 1.54. The van der Waals surface area contributed by atoms with E-state index in [0.29, 0.717) is 6.54 Å². The summed E-state index contributed by atoms with van der Waals surface area (Å²) in [6.45, 7) is 2.04. The zero-order valence-corrected chi connectivity index (χ0v) is 5.57. The summed E-state index contributed by atoms with van der Waals surface area (Å²) in [6, 6.07) is 0. The summed E-state index contributed by atoms with van der Waals surface area (Å²) < 4.78 is 0. The Balaban J connectivity index is 0. The van der Waals surface area contributed by atoms with Crippen molar-refractivity contribution >= 4 is 18.3 Å². The molecule has 3 nitrogen and oxygen atoms in total. The van der Waals surface area contributed by atoms with Crippen molar-refractivity contribution in [2.24, 2.45) is 17.4 Å². The predicted molar refractivity (Wildman–Crippen MR) is 34.7 cm³/mol. The van der Waals surface area contributed by atoms with E-state index in [1.165, 1.54) is 0 Å². The summed E-state index contributed by atoms with van der Waals surface area (Å²) in [5.74, 6) is -0.512. The number of carbonyl (C=O) groups excluding carboxylic acids is 1. The minimum absolute atomic E-state index is 0. The standard InChI is InChI=1S/C4H10N2O.ClH/c1-3(2-5)4(6)7;/h3H,2,5H2,1H3,(H2,6,7);1H/t3-;/m0./s1. The topological polar surface area (TPSA) is 69.1 Å². The van der Waals surface area contributed by atoms with Crippen molar-refractivity contribution in [1.82, 2.24) is 0 Å². The fourth-order valence-corrected chi connectivity index (χ4v) is 0.116. The maximum absolute atomic E-state index is 10.1. The summed E-state index contributed by atoms with van der Waals surface area (Å²) in [7, 11) is 0. The van der Waals surface area contributed by atoms with E-state index in [2.05, 4.69) is 0 Å². The third kappa shape index (κ3) is 3.89. The molecule has 1 atom stereocenters. The fourth-order valence-electron chi connectivity index (χ4n) is 0.116. The Kier molecular flexibility index (Phi) is 6.48. The van der Waals surface area contributed by atoms with Crippen molar-refractivity contribution in [3.63, 3.8) is 0 Å². The molecule has 0 aliphatic rings. The van der Waals surface area contributed by atoms with Crippen molar-refractivity contribution in [2.45, 2.75) is 6.92 Å². The highest BCUT2D eigenvalue weighted by Crippen LogP contribution is 1.84. The largest absolute Gasteiger partial charge is 0.369 e. The van der Waals surface area contributed by atoms with Crippen molar-refractivity contribution < 1.29 is 4.79 Å². The van der Waals surface area contributed by atoms with Gasteiger partial charge in [-0.05, 0) is 0 Å². The fraction of sp³-hybridized carbons (Fsp3) is 0.750. The van der Waals surface area contributed by atoms with Crippen LogP contribution in [-0.2, 0) is 4.79 Å². The van der Waals surface area contributed by atoms with Gasteiger partial charge in [-0.15, -0.1) is 12.4 Å². The van der Waals surface area contributed by atoms with Gasteiger partial charge in [-0.2, -0.15) is 0 Å². The van der Waals surface area contributed by atoms with E-state index in [4.69, 9.17) is 11.5 Å². The first kappa shape index (κ1) is 10.7. The summed E-state index contributed by atoms with van der Waals surface area (Å²) >= 11 is 0. The summed E-state index contributed by atoms with van der Waals surface area (Å²) in [6.07, 6.45) is 0. The zero-order chi connectivity index (χ0) is 5.86. The van der Waals surface area contributed by atoms with Crippen LogP contribution in [0.4, 0.5) is 0 Å². The summed E-state index contributed by atoms with van der Waals surface area (Å²) in [5, 5.41) is 0. The number of carbonyl (C=O) groups is 1. The molecule has 50 valence electrons. The number of nitrogens with two attached hydrogens (primary N) is 2. The predicted octanol–water partition coefficient (Wildman–Crippen LogP) is -0.512. The highest BCUT2D eigenvalue weighted by Gasteiger charge is 2.02. The van der Waals surface area contributed by atoms with Gasteiger partial charge in [0.15, 0.2) is 0 Å². The van der Waals surface area contributed by atoms with Crippen LogP contribution in [-0.4, -0.2) is 12.5 Å². The maximum atomic E-state index is 10.1. The Hall–Kier alpha value is -0.280. The van der Waals surface area contributed by atoms with E-state index in [1.54, 1.807) is 6.92 Å². The van der Waals surface area contributed by atoms with Gasteiger partial charge in [0.25, 0.3) is 0 Å². The van der Waals surface area contributed by atoms with Crippen LogP contribution in [0, 0.1) is 5.92 Å². The Bertz CT molecular complexity index is 76.4. The first-order chi connectivity index (χ1) is 3.18. The number of hydrogen-bond donors (Lipinski definition) is 2. The number of amides is 1. The molecule has 0 bridgehead atoms. The Morgan fingerprint density at radius 1 is 1.75 bits per heavy atom. The first-order valence-corrected chi connectivity index (χ1v) is 2.18. The molecule has 0 rings (SSSR count). The van der Waals surface area contributed by atoms with Crippen molar-refractivity contribution in [2.75, 3.05) is 6.54 Å². The molecule has 0 aromatic rings. The lowest BCUT2D eigenvalue weighted by Gasteiger charge is -1.98. The molecule has 0 spiro atoms. The molecule has 0 aliphatic heterocycles. The van der Waals surface area contributed by atoms with Crippen LogP contribution in [0.5, 0.6) is 0 Å². The normalized spacial score (nSPS) is 11.8. The molecule has 0 saturated heterocycles. The molecule has 0 saturated carbocycles. The average Bonchev–Trinajstić information content (AvgIpc) is 1.65. The Labute approximate surface area is 54.8 Å². The lowest BCUT2D eigenvalue weighted by atomic mass is 10.2. The van der Waals surface area contributed by atoms with Crippen LogP contribution < -0.4 is 11.5 Å². The lowest BCUT2D eigenvalue weighted by molar-refractivity contribution is -0.120. The van der Waals surface area contributed by atoms with E-state index in [0.717, 1.165) is 0 Å². The van der Waals surface area contributed by atoms with Gasteiger partial charge in [0.2, 0.25) is 5.91 Å². The number of primary amides is 1. The van der Waals surface area contributed by atoms with Crippen LogP contribution >= 0.6 is 12.4 Å². The van der Waals surface area contributed by atoms with Gasteiger partial charge < -0.3 is 11.5 Å². The Morgan fingerprint density at radius 3 is 2.12 bits per heavy atom. The quantitative estimate of drug-likeness (QED) is 0.540.